The van der Waals surface area contributed by atoms with Crippen LogP contribution in [0.2, 0.25) is 0 Å². The van der Waals surface area contributed by atoms with Gasteiger partial charge in [-0.15, -0.1) is 0 Å². The first-order valence-corrected chi connectivity index (χ1v) is 6.61. The molecule has 0 atom stereocenters. The Hall–Kier alpha value is -1.36. The molecule has 106 valence electrons. The number of carbonyl (C=O) groups is 2. The van der Waals surface area contributed by atoms with E-state index >= 15 is 0 Å². The fraction of sp³-hybridized carbons (Fsp3) is 0.429. The fourth-order valence-corrected chi connectivity index (χ4v) is 1.72. The molecule has 0 aliphatic rings. The van der Waals surface area contributed by atoms with Gasteiger partial charge in [-0.3, -0.25) is 9.59 Å². The van der Waals surface area contributed by atoms with E-state index < -0.39 is 5.60 Å². The molecule has 1 aromatic rings. The van der Waals surface area contributed by atoms with Crippen molar-refractivity contribution in [3.05, 3.63) is 33.8 Å². The molecule has 1 amide bonds. The van der Waals surface area contributed by atoms with E-state index in [1.807, 2.05) is 45.9 Å². The average molecular weight is 330 g/mol. The average Bonchev–Trinajstić information content (AvgIpc) is 2.22. The number of nitrogens with two attached hydrogens (primary N) is 1. The zero-order valence-electron chi connectivity index (χ0n) is 11.7. The summed E-state index contributed by atoms with van der Waals surface area (Å²) in [6, 6.07) is 5.90. The lowest BCUT2D eigenvalue weighted by molar-refractivity contribution is -0.153. The van der Waals surface area contributed by atoms with E-state index in [1.165, 1.54) is 0 Å². The van der Waals surface area contributed by atoms with E-state index in [-0.39, 0.29) is 12.4 Å². The molecule has 2 N–H and O–H groups in total. The minimum atomic E-state index is -0.418. The van der Waals surface area contributed by atoms with Crippen molar-refractivity contribution in [1.82, 2.24) is 0 Å². The number of esters is 1. The molecular weight excluding hydrogens is 310 g/mol. The van der Waals surface area contributed by atoms with Crippen molar-refractivity contribution >= 4 is 28.3 Å². The number of benzene rings is 1. The number of carbonyl (C=O) groups excluding carboxylic acids is 2. The van der Waals surface area contributed by atoms with Crippen molar-refractivity contribution in [2.75, 3.05) is 0 Å². The van der Waals surface area contributed by atoms with Gasteiger partial charge in [-0.1, -0.05) is 28.1 Å². The second-order valence-electron chi connectivity index (χ2n) is 4.98. The van der Waals surface area contributed by atoms with Gasteiger partial charge in [-0.05, 0) is 44.9 Å². The van der Waals surface area contributed by atoms with E-state index in [1.54, 1.807) is 0 Å². The van der Waals surface area contributed by atoms with Gasteiger partial charge in [0.2, 0.25) is 6.41 Å². The van der Waals surface area contributed by atoms with Crippen LogP contribution in [0.5, 0.6) is 0 Å². The molecule has 0 radical (unpaired) electrons. The Kier molecular flexibility index (Phi) is 7.37. The summed E-state index contributed by atoms with van der Waals surface area (Å²) in [7, 11) is 0. The van der Waals surface area contributed by atoms with Gasteiger partial charge in [-0.2, -0.15) is 0 Å². The number of rotatable bonds is 2. The van der Waals surface area contributed by atoms with Crippen LogP contribution in [0, 0.1) is 6.92 Å². The van der Waals surface area contributed by atoms with Crippen molar-refractivity contribution in [3.63, 3.8) is 0 Å². The van der Waals surface area contributed by atoms with Crippen LogP contribution in [0.4, 0.5) is 0 Å². The Morgan fingerprint density at radius 2 is 1.95 bits per heavy atom. The van der Waals surface area contributed by atoms with Crippen LogP contribution < -0.4 is 5.73 Å². The normalized spacial score (nSPS) is 10.2. The molecule has 0 aliphatic heterocycles. The monoisotopic (exact) mass is 329 g/mol. The van der Waals surface area contributed by atoms with E-state index in [2.05, 4.69) is 21.7 Å². The maximum atomic E-state index is 11.6. The van der Waals surface area contributed by atoms with Gasteiger partial charge >= 0.3 is 5.97 Å². The number of primary amides is 1. The maximum Gasteiger partial charge on any atom is 0.310 e. The Labute approximate surface area is 122 Å². The molecule has 5 heteroatoms. The Bertz CT molecular complexity index is 439. The third kappa shape index (κ3) is 8.37. The largest absolute Gasteiger partial charge is 0.460 e. The van der Waals surface area contributed by atoms with Gasteiger partial charge in [-0.25, -0.2) is 0 Å². The fourth-order valence-electron chi connectivity index (χ4n) is 1.29. The summed E-state index contributed by atoms with van der Waals surface area (Å²) in [6.45, 7) is 7.63. The molecule has 1 rings (SSSR count). The van der Waals surface area contributed by atoms with Gasteiger partial charge in [0.15, 0.2) is 0 Å². The Morgan fingerprint density at radius 1 is 1.42 bits per heavy atom. The smallest absolute Gasteiger partial charge is 0.310 e. The van der Waals surface area contributed by atoms with Gasteiger partial charge in [0.1, 0.15) is 5.60 Å². The van der Waals surface area contributed by atoms with E-state index in [9.17, 15) is 4.79 Å². The summed E-state index contributed by atoms with van der Waals surface area (Å²) in [5, 5.41) is 0. The van der Waals surface area contributed by atoms with Crippen molar-refractivity contribution in [1.29, 1.82) is 0 Å². The van der Waals surface area contributed by atoms with Gasteiger partial charge in [0.05, 0.1) is 6.42 Å². The summed E-state index contributed by atoms with van der Waals surface area (Å²) in [6.07, 6.45) is 0.566. The SMILES string of the molecule is Cc1ccc(CC(=O)OC(C)(C)C)cc1Br.NC=O. The molecule has 0 unspecified atom stereocenters. The lowest BCUT2D eigenvalue weighted by Gasteiger charge is -2.19. The van der Waals surface area contributed by atoms with E-state index in [0.29, 0.717) is 6.42 Å². The van der Waals surface area contributed by atoms with Crippen LogP contribution in [0.3, 0.4) is 0 Å². The topological polar surface area (TPSA) is 69.4 Å². The number of ether oxygens (including phenoxy) is 1. The van der Waals surface area contributed by atoms with Gasteiger partial charge in [0.25, 0.3) is 0 Å². The zero-order valence-corrected chi connectivity index (χ0v) is 13.3. The lowest BCUT2D eigenvalue weighted by atomic mass is 10.1. The number of hydrogen-bond acceptors (Lipinski definition) is 3. The molecule has 0 heterocycles. The van der Waals surface area contributed by atoms with Gasteiger partial charge < -0.3 is 10.5 Å². The summed E-state index contributed by atoms with van der Waals surface area (Å²) in [4.78, 5) is 20.2. The minimum absolute atomic E-state index is 0.191. The molecule has 0 fully saturated rings. The van der Waals surface area contributed by atoms with Crippen LogP contribution in [0.15, 0.2) is 22.7 Å². The predicted octanol–water partition coefficient (Wildman–Crippen LogP) is 2.74. The van der Waals surface area contributed by atoms with Crippen molar-refractivity contribution < 1.29 is 14.3 Å². The van der Waals surface area contributed by atoms with Crippen molar-refractivity contribution in [3.8, 4) is 0 Å². The third-order valence-corrected chi connectivity index (χ3v) is 2.86. The molecule has 0 saturated carbocycles. The van der Waals surface area contributed by atoms with Crippen LogP contribution in [-0.4, -0.2) is 18.0 Å². The molecule has 0 aliphatic carbocycles. The predicted molar refractivity (Wildman–Crippen MR) is 78.7 cm³/mol. The molecular formula is C14H20BrNO3. The second-order valence-corrected chi connectivity index (χ2v) is 5.84. The zero-order chi connectivity index (χ0) is 15.1. The van der Waals surface area contributed by atoms with Crippen molar-refractivity contribution in [2.45, 2.75) is 39.7 Å². The molecule has 0 bridgehead atoms. The molecule has 19 heavy (non-hydrogen) atoms. The van der Waals surface area contributed by atoms with E-state index in [0.717, 1.165) is 15.6 Å². The molecule has 0 aromatic heterocycles. The van der Waals surface area contributed by atoms with Crippen LogP contribution in [-0.2, 0) is 20.7 Å². The van der Waals surface area contributed by atoms with E-state index in [4.69, 9.17) is 9.53 Å². The highest BCUT2D eigenvalue weighted by Gasteiger charge is 2.16. The first kappa shape index (κ1) is 17.6. The number of hydrogen-bond donors (Lipinski definition) is 1. The number of aryl methyl sites for hydroxylation is 1. The molecule has 4 nitrogen and oxygen atoms in total. The summed E-state index contributed by atoms with van der Waals surface area (Å²) < 4.78 is 6.28. The maximum absolute atomic E-state index is 11.6. The highest BCUT2D eigenvalue weighted by Crippen LogP contribution is 2.18. The highest BCUT2D eigenvalue weighted by molar-refractivity contribution is 9.10. The van der Waals surface area contributed by atoms with Crippen LogP contribution >= 0.6 is 15.9 Å². The minimum Gasteiger partial charge on any atom is -0.460 e. The Balaban J connectivity index is 0.000000982. The number of halogens is 1. The highest BCUT2D eigenvalue weighted by atomic mass is 79.9. The number of amides is 1. The summed E-state index contributed by atoms with van der Waals surface area (Å²) in [5.41, 5.74) is 5.87. The Morgan fingerprint density at radius 3 is 2.37 bits per heavy atom. The standard InChI is InChI=1S/C13H17BrO2.CH3NO/c1-9-5-6-10(7-11(9)14)8-12(15)16-13(2,3)4;2-1-3/h5-7H,8H2,1-4H3;1H,(H2,2,3). The summed E-state index contributed by atoms with van der Waals surface area (Å²) >= 11 is 3.45. The van der Waals surface area contributed by atoms with Crippen LogP contribution in [0.1, 0.15) is 31.9 Å². The summed E-state index contributed by atoms with van der Waals surface area (Å²) in [5.74, 6) is -0.191. The molecule has 1 aromatic carbocycles. The molecule has 0 spiro atoms. The quantitative estimate of drug-likeness (QED) is 0.670. The van der Waals surface area contributed by atoms with Crippen LogP contribution in [0.25, 0.3) is 0 Å². The first-order valence-electron chi connectivity index (χ1n) is 5.82. The molecule has 0 saturated heterocycles. The van der Waals surface area contributed by atoms with Crippen molar-refractivity contribution in [2.24, 2.45) is 5.73 Å². The third-order valence-electron chi connectivity index (χ3n) is 2.00. The van der Waals surface area contributed by atoms with Gasteiger partial charge in [0, 0.05) is 4.47 Å². The lowest BCUT2D eigenvalue weighted by Crippen LogP contribution is -2.24. The second kappa shape index (κ2) is 7.94. The first-order chi connectivity index (χ1) is 8.69.